The van der Waals surface area contributed by atoms with Gasteiger partial charge in [-0.15, -0.1) is 0 Å². The van der Waals surface area contributed by atoms with Crippen molar-refractivity contribution in [3.8, 4) is 0 Å². The van der Waals surface area contributed by atoms with Gasteiger partial charge >= 0.3 is 0 Å². The first kappa shape index (κ1) is 13.6. The summed E-state index contributed by atoms with van der Waals surface area (Å²) in [7, 11) is 0. The number of hydrogen-bond acceptors (Lipinski definition) is 2. The van der Waals surface area contributed by atoms with Crippen LogP contribution in [0.15, 0.2) is 79.0 Å². The van der Waals surface area contributed by atoms with Crippen molar-refractivity contribution < 1.29 is 9.47 Å². The average molecular weight is 279 g/mol. The molecule has 1 atom stereocenters. The van der Waals surface area contributed by atoms with E-state index in [9.17, 15) is 5.21 Å². The molecule has 0 fully saturated rings. The van der Waals surface area contributed by atoms with E-state index in [1.807, 2.05) is 66.8 Å². The van der Waals surface area contributed by atoms with Gasteiger partial charge in [-0.1, -0.05) is 48.6 Å². The maximum absolute atomic E-state index is 12.1. The summed E-state index contributed by atoms with van der Waals surface area (Å²) >= 11 is 0. The molecule has 0 radical (unpaired) electrons. The molecule has 1 aromatic heterocycles. The fourth-order valence-corrected chi connectivity index (χ4v) is 2.51. The first-order valence-electron chi connectivity index (χ1n) is 7.01. The van der Waals surface area contributed by atoms with Gasteiger partial charge in [0.2, 0.25) is 5.69 Å². The lowest BCUT2D eigenvalue weighted by molar-refractivity contribution is -0.622. The fourth-order valence-electron chi connectivity index (χ4n) is 2.51. The number of benzene rings is 1. The first-order valence-corrected chi connectivity index (χ1v) is 7.01. The quantitative estimate of drug-likeness (QED) is 0.636. The summed E-state index contributed by atoms with van der Waals surface area (Å²) in [6.07, 6.45) is 10.1. The number of rotatable bonds is 4. The van der Waals surface area contributed by atoms with Gasteiger partial charge in [0.15, 0.2) is 11.8 Å². The molecule has 3 rings (SSSR count). The van der Waals surface area contributed by atoms with Gasteiger partial charge in [0, 0.05) is 18.6 Å². The van der Waals surface area contributed by atoms with E-state index >= 15 is 0 Å². The van der Waals surface area contributed by atoms with E-state index in [0.717, 1.165) is 10.3 Å². The molecule has 0 amide bonds. The number of hydrogen-bond donors (Lipinski definition) is 0. The molecule has 3 nitrogen and oxygen atoms in total. The smallest absolute Gasteiger partial charge is 0.229 e. The average Bonchev–Trinajstić information content (AvgIpc) is 2.55. The highest BCUT2D eigenvalue weighted by Gasteiger charge is 2.37. The van der Waals surface area contributed by atoms with Crippen molar-refractivity contribution in [1.82, 2.24) is 0 Å². The Morgan fingerprint density at radius 3 is 2.57 bits per heavy atom. The highest BCUT2D eigenvalue weighted by Crippen LogP contribution is 2.33. The summed E-state index contributed by atoms with van der Waals surface area (Å²) in [6, 6.07) is 15.4. The van der Waals surface area contributed by atoms with E-state index in [4.69, 9.17) is 4.74 Å². The van der Waals surface area contributed by atoms with Crippen molar-refractivity contribution in [2.75, 3.05) is 0 Å². The Hall–Kier alpha value is -2.39. The lowest BCUT2D eigenvalue weighted by Gasteiger charge is -2.29. The second-order valence-electron chi connectivity index (χ2n) is 5.07. The zero-order valence-electron chi connectivity index (χ0n) is 11.7. The van der Waals surface area contributed by atoms with Crippen LogP contribution in [0, 0.1) is 5.21 Å². The van der Waals surface area contributed by atoms with Crippen LogP contribution in [0.3, 0.4) is 0 Å². The zero-order valence-corrected chi connectivity index (χ0v) is 11.7. The molecule has 3 heteroatoms. The van der Waals surface area contributed by atoms with Gasteiger partial charge in [0.1, 0.15) is 0 Å². The van der Waals surface area contributed by atoms with Crippen LogP contribution in [0.25, 0.3) is 0 Å². The highest BCUT2D eigenvalue weighted by atomic mass is 16.5. The molecule has 0 N–H and O–H groups in total. The minimum atomic E-state index is -0.701. The molecule has 0 bridgehead atoms. The van der Waals surface area contributed by atoms with Gasteiger partial charge < -0.3 is 9.94 Å². The lowest BCUT2D eigenvalue weighted by atomic mass is 9.90. The number of aromatic nitrogens is 1. The van der Waals surface area contributed by atoms with E-state index in [0.29, 0.717) is 18.7 Å². The molecule has 1 unspecified atom stereocenters. The predicted molar refractivity (Wildman–Crippen MR) is 81.2 cm³/mol. The molecule has 1 aliphatic carbocycles. The SMILES string of the molecule is [O-][n+]1ccccc1C1(OCc2ccccc2)C=CC=CC1. The molecule has 0 aliphatic heterocycles. The maximum Gasteiger partial charge on any atom is 0.229 e. The Bertz CT molecular complexity index is 664. The topological polar surface area (TPSA) is 36.2 Å². The van der Waals surface area contributed by atoms with Crippen molar-refractivity contribution in [2.45, 2.75) is 18.6 Å². The summed E-state index contributed by atoms with van der Waals surface area (Å²) in [4.78, 5) is 0. The van der Waals surface area contributed by atoms with Crippen LogP contribution < -0.4 is 4.73 Å². The lowest BCUT2D eigenvalue weighted by Crippen LogP contribution is -2.42. The van der Waals surface area contributed by atoms with Crippen molar-refractivity contribution >= 4 is 0 Å². The monoisotopic (exact) mass is 279 g/mol. The van der Waals surface area contributed by atoms with Crippen molar-refractivity contribution in [1.29, 1.82) is 0 Å². The largest absolute Gasteiger partial charge is 0.618 e. The van der Waals surface area contributed by atoms with Gasteiger partial charge in [-0.25, -0.2) is 0 Å². The molecule has 2 aromatic rings. The maximum atomic E-state index is 12.1. The third kappa shape index (κ3) is 2.88. The molecule has 0 saturated heterocycles. The fraction of sp³-hybridized carbons (Fsp3) is 0.167. The van der Waals surface area contributed by atoms with Gasteiger partial charge in [-0.05, 0) is 17.7 Å². The van der Waals surface area contributed by atoms with Crippen molar-refractivity contribution in [2.24, 2.45) is 0 Å². The second kappa shape index (κ2) is 5.94. The number of nitrogens with zero attached hydrogens (tertiary/aromatic N) is 1. The number of pyridine rings is 1. The van der Waals surface area contributed by atoms with E-state index in [1.54, 1.807) is 6.07 Å². The minimum Gasteiger partial charge on any atom is -0.618 e. The van der Waals surface area contributed by atoms with Crippen LogP contribution in [0.4, 0.5) is 0 Å². The summed E-state index contributed by atoms with van der Waals surface area (Å²) in [5, 5.41) is 12.1. The van der Waals surface area contributed by atoms with Crippen molar-refractivity contribution in [3.63, 3.8) is 0 Å². The molecule has 21 heavy (non-hydrogen) atoms. The minimum absolute atomic E-state index is 0.466. The van der Waals surface area contributed by atoms with Crippen LogP contribution in [0.5, 0.6) is 0 Å². The summed E-state index contributed by atoms with van der Waals surface area (Å²) < 4.78 is 7.05. The van der Waals surface area contributed by atoms with E-state index in [1.165, 1.54) is 6.20 Å². The third-order valence-corrected chi connectivity index (χ3v) is 3.63. The Kier molecular flexibility index (Phi) is 3.84. The molecule has 0 saturated carbocycles. The Balaban J connectivity index is 1.90. The molecule has 106 valence electrons. The molecular weight excluding hydrogens is 262 g/mol. The summed E-state index contributed by atoms with van der Waals surface area (Å²) in [6.45, 7) is 0.466. The Morgan fingerprint density at radius 2 is 1.86 bits per heavy atom. The third-order valence-electron chi connectivity index (χ3n) is 3.63. The van der Waals surface area contributed by atoms with Gasteiger partial charge in [0.25, 0.3) is 0 Å². The van der Waals surface area contributed by atoms with Crippen LogP contribution in [0.1, 0.15) is 17.7 Å². The van der Waals surface area contributed by atoms with E-state index in [2.05, 4.69) is 0 Å². The normalized spacial score (nSPS) is 20.6. The van der Waals surface area contributed by atoms with E-state index in [-0.39, 0.29) is 0 Å². The Morgan fingerprint density at radius 1 is 1.05 bits per heavy atom. The standard InChI is InChI=1S/C18H17NO2/c20-19-14-8-5-11-17(19)18(12-6-2-7-13-18)21-15-16-9-3-1-4-10-16/h1-12,14H,13,15H2. The van der Waals surface area contributed by atoms with Gasteiger partial charge in [-0.2, -0.15) is 4.73 Å². The number of allylic oxidation sites excluding steroid dienone is 2. The van der Waals surface area contributed by atoms with Crippen LogP contribution in [-0.4, -0.2) is 0 Å². The van der Waals surface area contributed by atoms with Crippen molar-refractivity contribution in [3.05, 3.63) is 95.5 Å². The van der Waals surface area contributed by atoms with Crippen LogP contribution in [-0.2, 0) is 16.9 Å². The molecular formula is C18H17NO2. The van der Waals surface area contributed by atoms with Gasteiger partial charge in [0.05, 0.1) is 6.61 Å². The zero-order chi connectivity index (χ0) is 14.5. The summed E-state index contributed by atoms with van der Waals surface area (Å²) in [5.74, 6) is 0. The number of ether oxygens (including phenoxy) is 1. The predicted octanol–water partition coefficient (Wildman–Crippen LogP) is 3.25. The summed E-state index contributed by atoms with van der Waals surface area (Å²) in [5.41, 5.74) is 1.00. The second-order valence-corrected chi connectivity index (χ2v) is 5.07. The van der Waals surface area contributed by atoms with Crippen LogP contribution >= 0.6 is 0 Å². The molecule has 1 aromatic carbocycles. The van der Waals surface area contributed by atoms with Crippen LogP contribution in [0.2, 0.25) is 0 Å². The molecule has 1 heterocycles. The van der Waals surface area contributed by atoms with Gasteiger partial charge in [-0.3, -0.25) is 0 Å². The highest BCUT2D eigenvalue weighted by molar-refractivity contribution is 5.26. The van der Waals surface area contributed by atoms with E-state index < -0.39 is 5.60 Å². The Labute approximate surface area is 124 Å². The first-order chi connectivity index (χ1) is 10.3. The molecule has 1 aliphatic rings. The molecule has 0 spiro atoms.